The van der Waals surface area contributed by atoms with Crippen LogP contribution in [0.25, 0.3) is 0 Å². The molecule has 0 radical (unpaired) electrons. The van der Waals surface area contributed by atoms with Gasteiger partial charge in [-0.1, -0.05) is 59.6 Å². The Bertz CT molecular complexity index is 855. The van der Waals surface area contributed by atoms with Crippen molar-refractivity contribution in [2.75, 3.05) is 39.3 Å². The Balaban J connectivity index is 1.31. The molecule has 8 heteroatoms. The molecule has 2 aromatic carbocycles. The number of piperazine rings is 1. The van der Waals surface area contributed by atoms with Crippen LogP contribution >= 0.6 is 23.2 Å². The zero-order valence-electron chi connectivity index (χ0n) is 16.7. The molecule has 0 unspecified atom stereocenters. The number of nitrogens with one attached hydrogen (secondary N) is 2. The minimum Gasteiger partial charge on any atom is -0.347 e. The molecule has 30 heavy (non-hydrogen) atoms. The van der Waals surface area contributed by atoms with Crippen molar-refractivity contribution in [2.45, 2.75) is 13.1 Å². The summed E-state index contributed by atoms with van der Waals surface area (Å²) in [7, 11) is 0. The van der Waals surface area contributed by atoms with Crippen LogP contribution in [0.2, 0.25) is 10.0 Å². The van der Waals surface area contributed by atoms with Crippen LogP contribution in [0.15, 0.2) is 48.5 Å². The SMILES string of the molecule is O=C(NCCN1CCN(Cc2ccc(Cl)cc2Cl)CC1)C(=O)NCc1ccccc1. The van der Waals surface area contributed by atoms with E-state index in [1.807, 2.05) is 42.5 Å². The van der Waals surface area contributed by atoms with Crippen molar-refractivity contribution >= 4 is 35.0 Å². The Hall–Kier alpha value is -2.12. The summed E-state index contributed by atoms with van der Waals surface area (Å²) in [4.78, 5) is 28.5. The normalized spacial score (nSPS) is 15.0. The lowest BCUT2D eigenvalue weighted by Crippen LogP contribution is -2.49. The van der Waals surface area contributed by atoms with Crippen molar-refractivity contribution in [1.82, 2.24) is 20.4 Å². The number of benzene rings is 2. The molecule has 0 saturated carbocycles. The molecule has 1 aliphatic rings. The molecule has 0 bridgehead atoms. The molecule has 1 saturated heterocycles. The Morgan fingerprint density at radius 2 is 1.53 bits per heavy atom. The largest absolute Gasteiger partial charge is 0.347 e. The fraction of sp³-hybridized carbons (Fsp3) is 0.364. The van der Waals surface area contributed by atoms with Gasteiger partial charge in [0.25, 0.3) is 0 Å². The third kappa shape index (κ3) is 6.99. The van der Waals surface area contributed by atoms with Gasteiger partial charge in [0.15, 0.2) is 0 Å². The predicted molar refractivity (Wildman–Crippen MR) is 119 cm³/mol. The minimum absolute atomic E-state index is 0.340. The number of carbonyl (C=O) groups excluding carboxylic acids is 2. The van der Waals surface area contributed by atoms with Crippen LogP contribution < -0.4 is 10.6 Å². The molecule has 3 rings (SSSR count). The Labute approximate surface area is 187 Å². The fourth-order valence-corrected chi connectivity index (χ4v) is 3.80. The van der Waals surface area contributed by atoms with Crippen molar-refractivity contribution < 1.29 is 9.59 Å². The Kier molecular flexibility index (Phi) is 8.51. The highest BCUT2D eigenvalue weighted by atomic mass is 35.5. The molecule has 0 aromatic heterocycles. The number of halogens is 2. The van der Waals surface area contributed by atoms with Gasteiger partial charge in [0, 0.05) is 62.4 Å². The van der Waals surface area contributed by atoms with Gasteiger partial charge in [0.1, 0.15) is 0 Å². The topological polar surface area (TPSA) is 64.7 Å². The van der Waals surface area contributed by atoms with E-state index in [1.54, 1.807) is 6.07 Å². The molecular formula is C22H26Cl2N4O2. The quantitative estimate of drug-likeness (QED) is 0.638. The van der Waals surface area contributed by atoms with E-state index < -0.39 is 11.8 Å². The van der Waals surface area contributed by atoms with E-state index >= 15 is 0 Å². The minimum atomic E-state index is -0.608. The molecule has 2 N–H and O–H groups in total. The first-order chi connectivity index (χ1) is 14.5. The van der Waals surface area contributed by atoms with Crippen molar-refractivity contribution in [2.24, 2.45) is 0 Å². The number of hydrogen-bond donors (Lipinski definition) is 2. The maximum absolute atomic E-state index is 11.9. The highest BCUT2D eigenvalue weighted by Gasteiger charge is 2.18. The highest BCUT2D eigenvalue weighted by Crippen LogP contribution is 2.22. The fourth-order valence-electron chi connectivity index (χ4n) is 3.33. The van der Waals surface area contributed by atoms with Gasteiger partial charge in [0.05, 0.1) is 0 Å². The van der Waals surface area contributed by atoms with E-state index in [0.717, 1.165) is 43.9 Å². The molecular weight excluding hydrogens is 423 g/mol. The first kappa shape index (κ1) is 22.6. The molecule has 6 nitrogen and oxygen atoms in total. The first-order valence-corrected chi connectivity index (χ1v) is 10.8. The average Bonchev–Trinajstić information content (AvgIpc) is 2.76. The summed E-state index contributed by atoms with van der Waals surface area (Å²) >= 11 is 12.2. The lowest BCUT2D eigenvalue weighted by atomic mass is 10.2. The van der Waals surface area contributed by atoms with Crippen LogP contribution in [0.4, 0.5) is 0 Å². The molecule has 2 amide bonds. The van der Waals surface area contributed by atoms with E-state index in [2.05, 4.69) is 20.4 Å². The van der Waals surface area contributed by atoms with E-state index in [9.17, 15) is 9.59 Å². The molecule has 0 spiro atoms. The zero-order chi connectivity index (χ0) is 21.3. The van der Waals surface area contributed by atoms with Gasteiger partial charge in [-0.15, -0.1) is 0 Å². The third-order valence-corrected chi connectivity index (χ3v) is 5.68. The van der Waals surface area contributed by atoms with Crippen molar-refractivity contribution in [3.05, 3.63) is 69.7 Å². The molecule has 1 aliphatic heterocycles. The number of rotatable bonds is 7. The highest BCUT2D eigenvalue weighted by molar-refractivity contribution is 6.35. The molecule has 0 atom stereocenters. The van der Waals surface area contributed by atoms with E-state index in [4.69, 9.17) is 23.2 Å². The monoisotopic (exact) mass is 448 g/mol. The second kappa shape index (κ2) is 11.3. The Morgan fingerprint density at radius 3 is 2.23 bits per heavy atom. The average molecular weight is 449 g/mol. The number of hydrogen-bond acceptors (Lipinski definition) is 4. The number of nitrogens with zero attached hydrogens (tertiary/aromatic N) is 2. The van der Waals surface area contributed by atoms with Gasteiger partial charge < -0.3 is 10.6 Å². The van der Waals surface area contributed by atoms with Crippen LogP contribution in [0, 0.1) is 0 Å². The van der Waals surface area contributed by atoms with Gasteiger partial charge in [-0.05, 0) is 23.3 Å². The molecule has 0 aliphatic carbocycles. The van der Waals surface area contributed by atoms with Gasteiger partial charge >= 0.3 is 11.8 Å². The summed E-state index contributed by atoms with van der Waals surface area (Å²) < 4.78 is 0. The number of amides is 2. The summed E-state index contributed by atoms with van der Waals surface area (Å²) in [5, 5.41) is 6.66. The molecule has 2 aromatic rings. The number of carbonyl (C=O) groups is 2. The third-order valence-electron chi connectivity index (χ3n) is 5.09. The lowest BCUT2D eigenvalue weighted by molar-refractivity contribution is -0.139. The lowest BCUT2D eigenvalue weighted by Gasteiger charge is -2.34. The summed E-state index contributed by atoms with van der Waals surface area (Å²) in [5.74, 6) is -1.20. The van der Waals surface area contributed by atoms with Crippen LogP contribution in [-0.4, -0.2) is 60.9 Å². The summed E-state index contributed by atoms with van der Waals surface area (Å²) in [6, 6.07) is 15.1. The van der Waals surface area contributed by atoms with Crippen LogP contribution in [0.5, 0.6) is 0 Å². The van der Waals surface area contributed by atoms with Crippen molar-refractivity contribution in [1.29, 1.82) is 0 Å². The summed E-state index contributed by atoms with van der Waals surface area (Å²) in [6.45, 7) is 5.94. The standard InChI is InChI=1S/C22H26Cl2N4O2/c23-19-7-6-18(20(24)14-19)16-28-12-10-27(11-13-28)9-8-25-21(29)22(30)26-15-17-4-2-1-3-5-17/h1-7,14H,8-13,15-16H2,(H,25,29)(H,26,30). The van der Waals surface area contributed by atoms with Crippen molar-refractivity contribution in [3.63, 3.8) is 0 Å². The summed E-state index contributed by atoms with van der Waals surface area (Å²) in [5.41, 5.74) is 2.03. The summed E-state index contributed by atoms with van der Waals surface area (Å²) in [6.07, 6.45) is 0. The first-order valence-electron chi connectivity index (χ1n) is 10.00. The predicted octanol–water partition coefficient (Wildman–Crippen LogP) is 2.54. The maximum atomic E-state index is 11.9. The van der Waals surface area contributed by atoms with Crippen LogP contribution in [0.1, 0.15) is 11.1 Å². The Morgan fingerprint density at radius 1 is 0.867 bits per heavy atom. The van der Waals surface area contributed by atoms with Gasteiger partial charge in [-0.3, -0.25) is 19.4 Å². The maximum Gasteiger partial charge on any atom is 0.309 e. The van der Waals surface area contributed by atoms with E-state index in [-0.39, 0.29) is 0 Å². The van der Waals surface area contributed by atoms with E-state index in [0.29, 0.717) is 29.7 Å². The van der Waals surface area contributed by atoms with Crippen LogP contribution in [-0.2, 0) is 22.7 Å². The second-order valence-electron chi connectivity index (χ2n) is 7.28. The van der Waals surface area contributed by atoms with Crippen molar-refractivity contribution in [3.8, 4) is 0 Å². The van der Waals surface area contributed by atoms with Crippen LogP contribution in [0.3, 0.4) is 0 Å². The second-order valence-corrected chi connectivity index (χ2v) is 8.12. The molecule has 160 valence electrons. The molecule has 1 heterocycles. The molecule has 1 fully saturated rings. The van der Waals surface area contributed by atoms with E-state index in [1.165, 1.54) is 0 Å². The van der Waals surface area contributed by atoms with Gasteiger partial charge in [-0.2, -0.15) is 0 Å². The van der Waals surface area contributed by atoms with Gasteiger partial charge in [-0.25, -0.2) is 0 Å². The zero-order valence-corrected chi connectivity index (χ0v) is 18.3. The smallest absolute Gasteiger partial charge is 0.309 e. The van der Waals surface area contributed by atoms with Gasteiger partial charge in [0.2, 0.25) is 0 Å².